The third-order valence-corrected chi connectivity index (χ3v) is 3.91. The van der Waals surface area contributed by atoms with Crippen molar-refractivity contribution in [2.24, 2.45) is 0 Å². The van der Waals surface area contributed by atoms with Gasteiger partial charge >= 0.3 is 6.03 Å². The lowest BCUT2D eigenvalue weighted by atomic mass is 9.93. The van der Waals surface area contributed by atoms with E-state index < -0.39 is 12.1 Å². The molecule has 1 aromatic rings. The van der Waals surface area contributed by atoms with Gasteiger partial charge in [-0.2, -0.15) is 0 Å². The van der Waals surface area contributed by atoms with Crippen molar-refractivity contribution in [3.63, 3.8) is 0 Å². The summed E-state index contributed by atoms with van der Waals surface area (Å²) in [6.45, 7) is 0. The van der Waals surface area contributed by atoms with Crippen molar-refractivity contribution in [1.29, 1.82) is 0 Å². The van der Waals surface area contributed by atoms with Crippen LogP contribution in [0.1, 0.15) is 43.0 Å². The number of carbonyl (C=O) groups is 3. The molecule has 1 aliphatic carbocycles. The molecule has 2 aliphatic rings. The quantitative estimate of drug-likeness (QED) is 0.713. The van der Waals surface area contributed by atoms with Crippen LogP contribution in [0.4, 0.5) is 4.79 Å². The number of aryl methyl sites for hydroxylation is 1. The molecule has 0 aromatic carbocycles. The molecule has 0 unspecified atom stereocenters. The minimum Gasteiger partial charge on any atom is -0.469 e. The van der Waals surface area contributed by atoms with Gasteiger partial charge in [0.2, 0.25) is 5.91 Å². The molecule has 7 nitrogen and oxygen atoms in total. The Balaban J connectivity index is 1.51. The number of hydrogen-bond acceptors (Lipinski definition) is 4. The Hall–Kier alpha value is -2.31. The maximum absolute atomic E-state index is 12.0. The maximum Gasteiger partial charge on any atom is 0.322 e. The molecule has 1 saturated heterocycles. The van der Waals surface area contributed by atoms with Gasteiger partial charge < -0.3 is 15.1 Å². The summed E-state index contributed by atoms with van der Waals surface area (Å²) in [6.07, 6.45) is 4.92. The van der Waals surface area contributed by atoms with Gasteiger partial charge in [0.15, 0.2) is 0 Å². The molecule has 21 heavy (non-hydrogen) atoms. The normalized spacial score (nSPS) is 24.2. The van der Waals surface area contributed by atoms with Gasteiger partial charge in [0.1, 0.15) is 11.8 Å². The Morgan fingerprint density at radius 1 is 1.43 bits per heavy atom. The fraction of sp³-hybridized carbons (Fsp3) is 0.500. The van der Waals surface area contributed by atoms with Gasteiger partial charge in [-0.25, -0.2) is 4.79 Å². The lowest BCUT2D eigenvalue weighted by Crippen LogP contribution is -2.34. The molecule has 2 heterocycles. The van der Waals surface area contributed by atoms with Crippen molar-refractivity contribution in [3.05, 3.63) is 23.7 Å². The number of amides is 4. The molecule has 1 aromatic heterocycles. The largest absolute Gasteiger partial charge is 0.469 e. The fourth-order valence-electron chi connectivity index (χ4n) is 2.84. The van der Waals surface area contributed by atoms with E-state index in [1.165, 1.54) is 0 Å². The molecule has 3 rings (SSSR count). The average molecular weight is 291 g/mol. The highest BCUT2D eigenvalue weighted by molar-refractivity contribution is 6.04. The molecule has 112 valence electrons. The summed E-state index contributed by atoms with van der Waals surface area (Å²) in [5.41, 5.74) is 1.04. The lowest BCUT2D eigenvalue weighted by molar-refractivity contribution is -0.122. The van der Waals surface area contributed by atoms with Crippen LogP contribution in [0.2, 0.25) is 0 Å². The highest BCUT2D eigenvalue weighted by Gasteiger charge is 2.30. The topological polar surface area (TPSA) is 100 Å². The average Bonchev–Trinajstić information content (AvgIpc) is 3.03. The van der Waals surface area contributed by atoms with Crippen molar-refractivity contribution in [2.45, 2.75) is 44.2 Å². The van der Waals surface area contributed by atoms with E-state index in [-0.39, 0.29) is 24.3 Å². The SMILES string of the molecule is O=C(CC[C@H]1NC(=O)NC1=O)N[C@H]1CCCc2occc21. The number of imide groups is 1. The highest BCUT2D eigenvalue weighted by atomic mass is 16.3. The summed E-state index contributed by atoms with van der Waals surface area (Å²) in [7, 11) is 0. The summed E-state index contributed by atoms with van der Waals surface area (Å²) >= 11 is 0. The van der Waals surface area contributed by atoms with Crippen LogP contribution in [0.15, 0.2) is 16.7 Å². The van der Waals surface area contributed by atoms with E-state index in [0.29, 0.717) is 6.42 Å². The zero-order valence-corrected chi connectivity index (χ0v) is 11.5. The van der Waals surface area contributed by atoms with Gasteiger partial charge in [0, 0.05) is 18.4 Å². The van der Waals surface area contributed by atoms with E-state index >= 15 is 0 Å². The van der Waals surface area contributed by atoms with Crippen LogP contribution in [0.5, 0.6) is 0 Å². The Kier molecular flexibility index (Phi) is 3.64. The summed E-state index contributed by atoms with van der Waals surface area (Å²) in [4.78, 5) is 34.4. The Labute approximate surface area is 121 Å². The molecule has 0 spiro atoms. The van der Waals surface area contributed by atoms with Crippen LogP contribution in [-0.4, -0.2) is 23.9 Å². The third kappa shape index (κ3) is 2.91. The first-order valence-electron chi connectivity index (χ1n) is 7.10. The third-order valence-electron chi connectivity index (χ3n) is 3.91. The predicted octanol–water partition coefficient (Wildman–Crippen LogP) is 0.761. The number of fused-ring (bicyclic) bond motifs is 1. The van der Waals surface area contributed by atoms with Gasteiger partial charge in [0.25, 0.3) is 5.91 Å². The molecule has 2 atom stereocenters. The van der Waals surface area contributed by atoms with Crippen molar-refractivity contribution in [1.82, 2.24) is 16.0 Å². The molecule has 1 aliphatic heterocycles. The van der Waals surface area contributed by atoms with Crippen molar-refractivity contribution in [3.8, 4) is 0 Å². The van der Waals surface area contributed by atoms with Gasteiger partial charge in [0.05, 0.1) is 12.3 Å². The molecule has 0 bridgehead atoms. The lowest BCUT2D eigenvalue weighted by Gasteiger charge is -2.22. The number of carbonyl (C=O) groups excluding carboxylic acids is 3. The van der Waals surface area contributed by atoms with Crippen molar-refractivity contribution < 1.29 is 18.8 Å². The van der Waals surface area contributed by atoms with Crippen molar-refractivity contribution >= 4 is 17.8 Å². The Bertz CT molecular complexity index is 581. The zero-order valence-electron chi connectivity index (χ0n) is 11.5. The smallest absolute Gasteiger partial charge is 0.322 e. The highest BCUT2D eigenvalue weighted by Crippen LogP contribution is 2.30. The summed E-state index contributed by atoms with van der Waals surface area (Å²) in [5.74, 6) is 0.444. The Morgan fingerprint density at radius 3 is 3.05 bits per heavy atom. The molecule has 0 radical (unpaired) electrons. The first-order chi connectivity index (χ1) is 10.1. The number of nitrogens with one attached hydrogen (secondary N) is 3. The maximum atomic E-state index is 12.0. The van der Waals surface area contributed by atoms with Gasteiger partial charge in [-0.05, 0) is 25.3 Å². The molecule has 0 saturated carbocycles. The van der Waals surface area contributed by atoms with Gasteiger partial charge in [-0.3, -0.25) is 14.9 Å². The first kappa shape index (κ1) is 13.7. The van der Waals surface area contributed by atoms with Crippen LogP contribution in [0.3, 0.4) is 0 Å². The van der Waals surface area contributed by atoms with Crippen LogP contribution in [0, 0.1) is 0 Å². The number of furan rings is 1. The summed E-state index contributed by atoms with van der Waals surface area (Å²) in [5, 5.41) is 7.60. The molecule has 4 amide bonds. The molecule has 7 heteroatoms. The summed E-state index contributed by atoms with van der Waals surface area (Å²) in [6, 6.07) is 0.760. The second-order valence-corrected chi connectivity index (χ2v) is 5.37. The number of urea groups is 1. The Morgan fingerprint density at radius 2 is 2.29 bits per heavy atom. The van der Waals surface area contributed by atoms with E-state index in [1.807, 2.05) is 6.07 Å². The molecule has 1 fully saturated rings. The minimum atomic E-state index is -0.612. The zero-order chi connectivity index (χ0) is 14.8. The second kappa shape index (κ2) is 5.59. The van der Waals surface area contributed by atoms with Gasteiger partial charge in [-0.1, -0.05) is 0 Å². The predicted molar refractivity (Wildman–Crippen MR) is 72.2 cm³/mol. The monoisotopic (exact) mass is 291 g/mol. The van der Waals surface area contributed by atoms with Crippen LogP contribution in [0.25, 0.3) is 0 Å². The summed E-state index contributed by atoms with van der Waals surface area (Å²) < 4.78 is 5.38. The minimum absolute atomic E-state index is 0.0213. The molecular weight excluding hydrogens is 274 g/mol. The van der Waals surface area contributed by atoms with E-state index in [4.69, 9.17) is 4.42 Å². The second-order valence-electron chi connectivity index (χ2n) is 5.37. The first-order valence-corrected chi connectivity index (χ1v) is 7.10. The number of rotatable bonds is 4. The van der Waals surface area contributed by atoms with Crippen molar-refractivity contribution in [2.75, 3.05) is 0 Å². The van der Waals surface area contributed by atoms with E-state index in [2.05, 4.69) is 16.0 Å². The van der Waals surface area contributed by atoms with E-state index in [1.54, 1.807) is 6.26 Å². The van der Waals surface area contributed by atoms with E-state index in [9.17, 15) is 14.4 Å². The van der Waals surface area contributed by atoms with E-state index in [0.717, 1.165) is 30.6 Å². The van der Waals surface area contributed by atoms with Gasteiger partial charge in [-0.15, -0.1) is 0 Å². The van der Waals surface area contributed by atoms with Crippen LogP contribution < -0.4 is 16.0 Å². The standard InChI is InChI=1S/C14H17N3O4/c18-12(5-4-10-13(19)17-14(20)16-10)15-9-2-1-3-11-8(9)6-7-21-11/h6-7,9-10H,1-5H2,(H,15,18)(H2,16,17,19,20)/t9-,10+/m0/s1. The fourth-order valence-corrected chi connectivity index (χ4v) is 2.84. The van der Waals surface area contributed by atoms with Crippen LogP contribution in [-0.2, 0) is 16.0 Å². The van der Waals surface area contributed by atoms with Crippen LogP contribution >= 0.6 is 0 Å². The molecule has 3 N–H and O–H groups in total. The molecular formula is C14H17N3O4. The number of hydrogen-bond donors (Lipinski definition) is 3.